The first kappa shape index (κ1) is 10.4. The highest BCUT2D eigenvalue weighted by atomic mass is 15.0. The normalized spacial score (nSPS) is 16.7. The third-order valence-electron chi connectivity index (χ3n) is 2.61. The van der Waals surface area contributed by atoms with Crippen LogP contribution in [0.4, 0.5) is 5.82 Å². The summed E-state index contributed by atoms with van der Waals surface area (Å²) < 4.78 is 0. The average molecular weight is 204 g/mol. The van der Waals surface area contributed by atoms with Crippen LogP contribution < -0.4 is 11.1 Å². The van der Waals surface area contributed by atoms with E-state index in [4.69, 9.17) is 5.73 Å². The molecule has 1 aromatic heterocycles. The van der Waals surface area contributed by atoms with Crippen molar-refractivity contribution < 1.29 is 0 Å². The third kappa shape index (κ3) is 2.69. The maximum Gasteiger partial charge on any atom is 0.129 e. The van der Waals surface area contributed by atoms with Crippen LogP contribution in [0.15, 0.2) is 12.1 Å². The van der Waals surface area contributed by atoms with Crippen LogP contribution in [0.2, 0.25) is 0 Å². The van der Waals surface area contributed by atoms with Gasteiger partial charge >= 0.3 is 0 Å². The van der Waals surface area contributed by atoms with Crippen molar-refractivity contribution in [3.05, 3.63) is 29.8 Å². The monoisotopic (exact) mass is 204 g/mol. The van der Waals surface area contributed by atoms with Crippen LogP contribution in [0.25, 0.3) is 0 Å². The lowest BCUT2D eigenvalue weighted by Gasteiger charge is -2.17. The first-order chi connectivity index (χ1) is 7.25. The summed E-state index contributed by atoms with van der Waals surface area (Å²) in [4.78, 5) is 4.56. The Morgan fingerprint density at radius 2 is 2.47 bits per heavy atom. The van der Waals surface area contributed by atoms with E-state index in [-0.39, 0.29) is 6.04 Å². The van der Waals surface area contributed by atoms with E-state index in [9.17, 15) is 0 Å². The molecular formula is C12H18N3. The molecule has 3 heteroatoms. The number of aryl methyl sites for hydroxylation is 1. The lowest BCUT2D eigenvalue weighted by atomic mass is 10.1. The lowest BCUT2D eigenvalue weighted by Crippen LogP contribution is -2.16. The molecule has 1 aliphatic rings. The largest absolute Gasteiger partial charge is 0.370 e. The molecular weight excluding hydrogens is 186 g/mol. The molecule has 0 bridgehead atoms. The highest BCUT2D eigenvalue weighted by Crippen LogP contribution is 2.20. The second-order valence-electron chi connectivity index (χ2n) is 4.19. The van der Waals surface area contributed by atoms with Crippen LogP contribution in [0.1, 0.15) is 31.0 Å². The van der Waals surface area contributed by atoms with Gasteiger partial charge in [0.15, 0.2) is 0 Å². The summed E-state index contributed by atoms with van der Waals surface area (Å²) in [5.74, 6) is 1.06. The molecule has 0 aliphatic carbocycles. The molecule has 0 fully saturated rings. The van der Waals surface area contributed by atoms with Crippen molar-refractivity contribution in [2.45, 2.75) is 32.2 Å². The summed E-state index contributed by atoms with van der Waals surface area (Å²) >= 11 is 0. The van der Waals surface area contributed by atoms with Crippen LogP contribution in [-0.4, -0.2) is 17.6 Å². The number of fused-ring (bicyclic) bond motifs is 1. The van der Waals surface area contributed by atoms with Gasteiger partial charge in [0, 0.05) is 24.7 Å². The van der Waals surface area contributed by atoms with Gasteiger partial charge in [-0.3, -0.25) is 0 Å². The predicted molar refractivity (Wildman–Crippen MR) is 62.7 cm³/mol. The fraction of sp³-hybridized carbons (Fsp3) is 0.500. The summed E-state index contributed by atoms with van der Waals surface area (Å²) in [6.07, 6.45) is 5.33. The molecule has 3 nitrogen and oxygen atoms in total. The van der Waals surface area contributed by atoms with Crippen molar-refractivity contribution in [2.75, 3.05) is 11.9 Å². The van der Waals surface area contributed by atoms with Crippen LogP contribution in [0.3, 0.4) is 0 Å². The summed E-state index contributed by atoms with van der Waals surface area (Å²) in [5.41, 5.74) is 8.06. The molecule has 0 saturated carbocycles. The molecule has 81 valence electrons. The van der Waals surface area contributed by atoms with E-state index in [1.807, 2.05) is 6.92 Å². The topological polar surface area (TPSA) is 50.9 Å². The fourth-order valence-corrected chi connectivity index (χ4v) is 1.76. The molecule has 1 aromatic rings. The Hall–Kier alpha value is -1.09. The van der Waals surface area contributed by atoms with Gasteiger partial charge in [0.1, 0.15) is 5.82 Å². The zero-order chi connectivity index (χ0) is 10.7. The minimum atomic E-state index is 0.204. The number of anilines is 1. The molecule has 1 radical (unpaired) electrons. The van der Waals surface area contributed by atoms with E-state index in [0.29, 0.717) is 0 Å². The van der Waals surface area contributed by atoms with Gasteiger partial charge in [0.2, 0.25) is 0 Å². The second-order valence-corrected chi connectivity index (χ2v) is 4.19. The molecule has 2 rings (SSSR count). The zero-order valence-corrected chi connectivity index (χ0v) is 9.16. The molecule has 0 saturated heterocycles. The molecule has 3 N–H and O–H groups in total. The number of pyridine rings is 1. The number of nitrogens with one attached hydrogen (secondary N) is 1. The Morgan fingerprint density at radius 3 is 3.27 bits per heavy atom. The van der Waals surface area contributed by atoms with Gasteiger partial charge in [-0.1, -0.05) is 6.07 Å². The standard InChI is InChI=1S/C12H18N3/c1-9(13)4-6-11-7-5-10-3-2-8-14-12(10)15-11/h5-7,9H,2-4,8,13H2,1H3,(H,14,15)/t9-/m0/s1. The smallest absolute Gasteiger partial charge is 0.129 e. The minimum absolute atomic E-state index is 0.204. The first-order valence-electron chi connectivity index (χ1n) is 5.58. The fourth-order valence-electron chi connectivity index (χ4n) is 1.76. The van der Waals surface area contributed by atoms with E-state index in [2.05, 4.69) is 28.9 Å². The molecule has 0 unspecified atom stereocenters. The molecule has 1 aliphatic heterocycles. The molecule has 0 spiro atoms. The quantitative estimate of drug-likeness (QED) is 0.788. The van der Waals surface area contributed by atoms with Gasteiger partial charge in [-0.05, 0) is 37.8 Å². The van der Waals surface area contributed by atoms with Crippen LogP contribution in [0, 0.1) is 6.42 Å². The van der Waals surface area contributed by atoms with Gasteiger partial charge in [0.05, 0.1) is 0 Å². The van der Waals surface area contributed by atoms with E-state index >= 15 is 0 Å². The molecule has 0 amide bonds. The van der Waals surface area contributed by atoms with Crippen LogP contribution in [0.5, 0.6) is 0 Å². The summed E-state index contributed by atoms with van der Waals surface area (Å²) in [6, 6.07) is 4.45. The van der Waals surface area contributed by atoms with Gasteiger partial charge in [0.25, 0.3) is 0 Å². The van der Waals surface area contributed by atoms with Crippen molar-refractivity contribution in [3.63, 3.8) is 0 Å². The lowest BCUT2D eigenvalue weighted by molar-refractivity contribution is 0.729. The predicted octanol–water partition coefficient (Wildman–Crippen LogP) is 1.73. The number of nitrogens with two attached hydrogens (primary N) is 1. The molecule has 15 heavy (non-hydrogen) atoms. The Morgan fingerprint density at radius 1 is 1.60 bits per heavy atom. The van der Waals surface area contributed by atoms with Crippen molar-refractivity contribution in [3.8, 4) is 0 Å². The summed E-state index contributed by atoms with van der Waals surface area (Å²) in [5, 5.41) is 3.33. The highest BCUT2D eigenvalue weighted by molar-refractivity contribution is 5.47. The Balaban J connectivity index is 2.07. The van der Waals surface area contributed by atoms with E-state index in [1.165, 1.54) is 12.0 Å². The van der Waals surface area contributed by atoms with Gasteiger partial charge in [-0.25, -0.2) is 4.98 Å². The Kier molecular flexibility index (Phi) is 3.21. The Labute approximate surface area is 91.1 Å². The first-order valence-corrected chi connectivity index (χ1v) is 5.58. The average Bonchev–Trinajstić information content (AvgIpc) is 2.26. The van der Waals surface area contributed by atoms with Gasteiger partial charge < -0.3 is 11.1 Å². The third-order valence-corrected chi connectivity index (χ3v) is 2.61. The van der Waals surface area contributed by atoms with Crippen LogP contribution >= 0.6 is 0 Å². The highest BCUT2D eigenvalue weighted by Gasteiger charge is 2.10. The number of aromatic nitrogens is 1. The van der Waals surface area contributed by atoms with E-state index in [1.54, 1.807) is 0 Å². The van der Waals surface area contributed by atoms with Crippen molar-refractivity contribution in [2.24, 2.45) is 5.73 Å². The van der Waals surface area contributed by atoms with E-state index < -0.39 is 0 Å². The maximum atomic E-state index is 5.70. The minimum Gasteiger partial charge on any atom is -0.370 e. The maximum absolute atomic E-state index is 5.70. The van der Waals surface area contributed by atoms with E-state index in [0.717, 1.165) is 30.9 Å². The molecule has 0 aromatic carbocycles. The van der Waals surface area contributed by atoms with Gasteiger partial charge in [-0.15, -0.1) is 0 Å². The summed E-state index contributed by atoms with van der Waals surface area (Å²) in [6.45, 7) is 3.05. The van der Waals surface area contributed by atoms with Crippen molar-refractivity contribution in [1.82, 2.24) is 4.98 Å². The molecule has 1 atom stereocenters. The van der Waals surface area contributed by atoms with Crippen molar-refractivity contribution in [1.29, 1.82) is 0 Å². The number of hydrogen-bond donors (Lipinski definition) is 2. The number of nitrogens with zero attached hydrogens (tertiary/aromatic N) is 1. The second kappa shape index (κ2) is 4.62. The number of hydrogen-bond acceptors (Lipinski definition) is 3. The zero-order valence-electron chi connectivity index (χ0n) is 9.16. The van der Waals surface area contributed by atoms with Crippen molar-refractivity contribution >= 4 is 5.82 Å². The number of rotatable bonds is 3. The molecule has 2 heterocycles. The summed E-state index contributed by atoms with van der Waals surface area (Å²) in [7, 11) is 0. The van der Waals surface area contributed by atoms with Gasteiger partial charge in [-0.2, -0.15) is 0 Å². The SMILES string of the molecule is C[C@H](N)C[CH]c1ccc2c(n1)NCCC2. The Bertz CT molecular complexity index is 334. The van der Waals surface area contributed by atoms with Crippen LogP contribution in [-0.2, 0) is 6.42 Å².